The quantitative estimate of drug-likeness (QED) is 0.781. The van der Waals surface area contributed by atoms with Crippen molar-refractivity contribution in [2.75, 3.05) is 18.0 Å². The maximum absolute atomic E-state index is 4.52. The molecule has 0 bridgehead atoms. The molecular weight excluding hydrogens is 280 g/mol. The molecule has 0 aliphatic carbocycles. The van der Waals surface area contributed by atoms with E-state index in [0.717, 1.165) is 48.6 Å². The van der Waals surface area contributed by atoms with E-state index in [2.05, 4.69) is 35.4 Å². The van der Waals surface area contributed by atoms with Gasteiger partial charge in [-0.1, -0.05) is 5.21 Å². The second kappa shape index (κ2) is 5.36. The van der Waals surface area contributed by atoms with Crippen molar-refractivity contribution in [3.63, 3.8) is 0 Å². The predicted molar refractivity (Wildman–Crippen MR) is 81.4 cm³/mol. The summed E-state index contributed by atoms with van der Waals surface area (Å²) >= 11 is 0. The molecule has 4 rings (SSSR count). The summed E-state index contributed by atoms with van der Waals surface area (Å²) in [5.41, 5.74) is 1.75. The van der Waals surface area contributed by atoms with Gasteiger partial charge in [-0.3, -0.25) is 9.78 Å². The molecule has 1 fully saturated rings. The number of hydrogen-bond donors (Lipinski definition) is 1. The molecule has 1 unspecified atom stereocenters. The molecule has 3 aromatic rings. The first-order valence-corrected chi connectivity index (χ1v) is 7.56. The van der Waals surface area contributed by atoms with Gasteiger partial charge in [0.05, 0.1) is 11.6 Å². The molecule has 1 N–H and O–H groups in total. The maximum atomic E-state index is 4.52. The molecule has 22 heavy (non-hydrogen) atoms. The van der Waals surface area contributed by atoms with Gasteiger partial charge in [-0.2, -0.15) is 5.10 Å². The standard InChI is InChI=1S/C14H18N8/c1-10-12-13(19-18-10)15-9-16-14(12)21-5-2-3-11(7-21)8-22-6-4-17-20-22/h4,6,9,11H,2-3,5,7-8H2,1H3,(H,15,16,18,19). The Hall–Kier alpha value is -2.51. The summed E-state index contributed by atoms with van der Waals surface area (Å²) in [6, 6.07) is 0. The molecule has 8 nitrogen and oxygen atoms in total. The van der Waals surface area contributed by atoms with Gasteiger partial charge in [0.15, 0.2) is 5.65 Å². The van der Waals surface area contributed by atoms with Crippen molar-refractivity contribution in [1.82, 2.24) is 35.2 Å². The molecular formula is C14H18N8. The van der Waals surface area contributed by atoms with Crippen LogP contribution >= 0.6 is 0 Å². The minimum absolute atomic E-state index is 0.549. The summed E-state index contributed by atoms with van der Waals surface area (Å²) in [5, 5.41) is 16.2. The van der Waals surface area contributed by atoms with Gasteiger partial charge < -0.3 is 4.90 Å². The summed E-state index contributed by atoms with van der Waals surface area (Å²) in [5.74, 6) is 1.53. The molecule has 0 amide bonds. The van der Waals surface area contributed by atoms with Crippen LogP contribution in [-0.4, -0.2) is 48.2 Å². The molecule has 0 spiro atoms. The SMILES string of the molecule is Cc1[nH]nc2ncnc(N3CCCC(Cn4ccnn4)C3)c12. The first-order valence-electron chi connectivity index (χ1n) is 7.56. The molecule has 0 aromatic carbocycles. The highest BCUT2D eigenvalue weighted by Gasteiger charge is 2.24. The van der Waals surface area contributed by atoms with Crippen molar-refractivity contribution in [2.45, 2.75) is 26.3 Å². The zero-order valence-electron chi connectivity index (χ0n) is 12.5. The number of aromatic amines is 1. The summed E-state index contributed by atoms with van der Waals surface area (Å²) in [6.07, 6.45) is 7.60. The van der Waals surface area contributed by atoms with Gasteiger partial charge in [0.2, 0.25) is 0 Å². The van der Waals surface area contributed by atoms with Gasteiger partial charge in [-0.15, -0.1) is 5.10 Å². The van der Waals surface area contributed by atoms with Gasteiger partial charge in [-0.05, 0) is 25.7 Å². The van der Waals surface area contributed by atoms with E-state index >= 15 is 0 Å². The number of piperidine rings is 1. The lowest BCUT2D eigenvalue weighted by molar-refractivity contribution is 0.347. The summed E-state index contributed by atoms with van der Waals surface area (Å²) < 4.78 is 1.91. The van der Waals surface area contributed by atoms with Gasteiger partial charge in [0.25, 0.3) is 0 Å². The van der Waals surface area contributed by atoms with Crippen molar-refractivity contribution >= 4 is 16.9 Å². The van der Waals surface area contributed by atoms with Crippen LogP contribution in [0.3, 0.4) is 0 Å². The third kappa shape index (κ3) is 2.30. The first-order chi connectivity index (χ1) is 10.8. The van der Waals surface area contributed by atoms with Crippen LogP contribution in [0.4, 0.5) is 5.82 Å². The second-order valence-corrected chi connectivity index (χ2v) is 5.82. The average Bonchev–Trinajstić information content (AvgIpc) is 3.18. The largest absolute Gasteiger partial charge is 0.356 e. The molecule has 3 aromatic heterocycles. The minimum Gasteiger partial charge on any atom is -0.356 e. The zero-order valence-corrected chi connectivity index (χ0v) is 12.5. The molecule has 4 heterocycles. The van der Waals surface area contributed by atoms with Crippen LogP contribution in [0, 0.1) is 12.8 Å². The first kappa shape index (κ1) is 13.2. The lowest BCUT2D eigenvalue weighted by Crippen LogP contribution is -2.37. The number of nitrogens with zero attached hydrogens (tertiary/aromatic N) is 7. The summed E-state index contributed by atoms with van der Waals surface area (Å²) in [6.45, 7) is 4.90. The van der Waals surface area contributed by atoms with E-state index in [4.69, 9.17) is 0 Å². The number of rotatable bonds is 3. The molecule has 1 atom stereocenters. The number of nitrogens with one attached hydrogen (secondary N) is 1. The summed E-state index contributed by atoms with van der Waals surface area (Å²) in [4.78, 5) is 11.1. The number of fused-ring (bicyclic) bond motifs is 1. The Labute approximate surface area is 127 Å². The fraction of sp³-hybridized carbons (Fsp3) is 0.500. The Balaban J connectivity index is 1.60. The molecule has 1 aliphatic rings. The maximum Gasteiger partial charge on any atom is 0.186 e. The van der Waals surface area contributed by atoms with Crippen molar-refractivity contribution in [3.8, 4) is 0 Å². The van der Waals surface area contributed by atoms with Gasteiger partial charge >= 0.3 is 0 Å². The van der Waals surface area contributed by atoms with Crippen LogP contribution < -0.4 is 4.90 Å². The van der Waals surface area contributed by atoms with E-state index < -0.39 is 0 Å². The van der Waals surface area contributed by atoms with Crippen LogP contribution in [-0.2, 0) is 6.54 Å². The van der Waals surface area contributed by atoms with E-state index in [1.54, 1.807) is 12.5 Å². The Morgan fingerprint density at radius 2 is 2.32 bits per heavy atom. The third-order valence-electron chi connectivity index (χ3n) is 4.25. The molecule has 0 saturated carbocycles. The zero-order chi connectivity index (χ0) is 14.9. The third-order valence-corrected chi connectivity index (χ3v) is 4.25. The van der Waals surface area contributed by atoms with Crippen molar-refractivity contribution in [3.05, 3.63) is 24.4 Å². The van der Waals surface area contributed by atoms with E-state index in [0.29, 0.717) is 5.92 Å². The number of aromatic nitrogens is 7. The molecule has 114 valence electrons. The van der Waals surface area contributed by atoms with Crippen LogP contribution in [0.5, 0.6) is 0 Å². The fourth-order valence-electron chi connectivity index (χ4n) is 3.22. The smallest absolute Gasteiger partial charge is 0.186 e. The Morgan fingerprint density at radius 3 is 3.18 bits per heavy atom. The average molecular weight is 298 g/mol. The van der Waals surface area contributed by atoms with Crippen LogP contribution in [0.1, 0.15) is 18.5 Å². The second-order valence-electron chi connectivity index (χ2n) is 5.82. The molecule has 1 aliphatic heterocycles. The number of aryl methyl sites for hydroxylation is 1. The van der Waals surface area contributed by atoms with Crippen LogP contribution in [0.2, 0.25) is 0 Å². The van der Waals surface area contributed by atoms with Crippen LogP contribution in [0.25, 0.3) is 11.0 Å². The van der Waals surface area contributed by atoms with Crippen molar-refractivity contribution in [2.24, 2.45) is 5.92 Å². The van der Waals surface area contributed by atoms with Crippen molar-refractivity contribution < 1.29 is 0 Å². The minimum atomic E-state index is 0.549. The van der Waals surface area contributed by atoms with Gasteiger partial charge in [0.1, 0.15) is 12.1 Å². The Kier molecular flexibility index (Phi) is 3.21. The summed E-state index contributed by atoms with van der Waals surface area (Å²) in [7, 11) is 0. The number of anilines is 1. The van der Waals surface area contributed by atoms with E-state index in [9.17, 15) is 0 Å². The fourth-order valence-corrected chi connectivity index (χ4v) is 3.22. The number of hydrogen-bond acceptors (Lipinski definition) is 6. The van der Waals surface area contributed by atoms with Crippen LogP contribution in [0.15, 0.2) is 18.7 Å². The van der Waals surface area contributed by atoms with Gasteiger partial charge in [0, 0.05) is 31.5 Å². The molecule has 8 heteroatoms. The Morgan fingerprint density at radius 1 is 1.36 bits per heavy atom. The highest BCUT2D eigenvalue weighted by Crippen LogP contribution is 2.28. The van der Waals surface area contributed by atoms with Crippen molar-refractivity contribution in [1.29, 1.82) is 0 Å². The predicted octanol–water partition coefficient (Wildman–Crippen LogP) is 1.17. The van der Waals surface area contributed by atoms with E-state index in [-0.39, 0.29) is 0 Å². The van der Waals surface area contributed by atoms with E-state index in [1.165, 1.54) is 6.42 Å². The number of H-pyrrole nitrogens is 1. The molecule has 1 saturated heterocycles. The monoisotopic (exact) mass is 298 g/mol. The highest BCUT2D eigenvalue weighted by atomic mass is 15.4. The molecule has 0 radical (unpaired) electrons. The van der Waals surface area contributed by atoms with E-state index in [1.807, 2.05) is 17.8 Å². The lowest BCUT2D eigenvalue weighted by Gasteiger charge is -2.33. The Bertz CT molecular complexity index is 762. The normalized spacial score (nSPS) is 19.0. The highest BCUT2D eigenvalue weighted by molar-refractivity contribution is 5.89. The topological polar surface area (TPSA) is 88.4 Å². The lowest BCUT2D eigenvalue weighted by atomic mass is 9.98. The van der Waals surface area contributed by atoms with Gasteiger partial charge in [-0.25, -0.2) is 9.97 Å².